The van der Waals surface area contributed by atoms with Crippen molar-refractivity contribution in [3.05, 3.63) is 35.5 Å². The van der Waals surface area contributed by atoms with Crippen molar-refractivity contribution in [2.45, 2.75) is 0 Å². The molecule has 64 valence electrons. The molecular weight excluding hydrogens is 166 g/mol. The number of H-pyrrole nitrogens is 1. The molecule has 0 aliphatic rings. The van der Waals surface area contributed by atoms with Crippen LogP contribution in [0.2, 0.25) is 0 Å². The Morgan fingerprint density at radius 3 is 2.62 bits per heavy atom. The lowest BCUT2D eigenvalue weighted by molar-refractivity contribution is 0.109. The van der Waals surface area contributed by atoms with E-state index >= 15 is 0 Å². The molecule has 1 aromatic carbocycles. The fourth-order valence-corrected chi connectivity index (χ4v) is 1.40. The van der Waals surface area contributed by atoms with Crippen LogP contribution in [-0.4, -0.2) is 17.6 Å². The molecule has 0 radical (unpaired) electrons. The summed E-state index contributed by atoms with van der Waals surface area (Å²) >= 11 is 0. The van der Waals surface area contributed by atoms with Gasteiger partial charge in [-0.3, -0.25) is 9.59 Å². The number of aromatic amines is 1. The van der Waals surface area contributed by atoms with Gasteiger partial charge in [0.05, 0.1) is 5.52 Å². The monoisotopic (exact) mass is 173 g/mol. The first-order valence-electron chi connectivity index (χ1n) is 3.87. The van der Waals surface area contributed by atoms with Gasteiger partial charge < -0.3 is 4.98 Å². The largest absolute Gasteiger partial charge is 0.361 e. The van der Waals surface area contributed by atoms with Crippen molar-refractivity contribution in [1.29, 1.82) is 0 Å². The summed E-state index contributed by atoms with van der Waals surface area (Å²) in [6.07, 6.45) is 3.12. The maximum Gasteiger partial charge on any atom is 0.152 e. The van der Waals surface area contributed by atoms with Gasteiger partial charge in [0.25, 0.3) is 0 Å². The molecule has 0 atom stereocenters. The fraction of sp³-hybridized carbons (Fsp3) is 0. The summed E-state index contributed by atoms with van der Waals surface area (Å²) in [6.45, 7) is 0. The second-order valence-corrected chi connectivity index (χ2v) is 2.75. The third-order valence-corrected chi connectivity index (χ3v) is 2.05. The lowest BCUT2D eigenvalue weighted by Gasteiger charge is -1.97. The molecule has 0 amide bonds. The molecule has 0 aliphatic carbocycles. The summed E-state index contributed by atoms with van der Waals surface area (Å²) in [5.74, 6) is 0. The summed E-state index contributed by atoms with van der Waals surface area (Å²) in [6, 6.07) is 5.31. The van der Waals surface area contributed by atoms with Crippen molar-refractivity contribution >= 4 is 23.5 Å². The highest BCUT2D eigenvalue weighted by atomic mass is 16.1. The van der Waals surface area contributed by atoms with E-state index in [9.17, 15) is 9.59 Å². The molecule has 2 aromatic rings. The topological polar surface area (TPSA) is 49.9 Å². The maximum atomic E-state index is 10.7. The number of aldehydes is 2. The van der Waals surface area contributed by atoms with Gasteiger partial charge in [0.1, 0.15) is 0 Å². The summed E-state index contributed by atoms with van der Waals surface area (Å²) < 4.78 is 0. The molecule has 2 rings (SSSR count). The number of hydrogen-bond acceptors (Lipinski definition) is 2. The van der Waals surface area contributed by atoms with Crippen LogP contribution in [0.15, 0.2) is 24.4 Å². The average Bonchev–Trinajstić information content (AvgIpc) is 2.63. The molecule has 0 fully saturated rings. The van der Waals surface area contributed by atoms with Gasteiger partial charge in [0.15, 0.2) is 12.6 Å². The minimum absolute atomic E-state index is 0.421. The lowest BCUT2D eigenvalue weighted by atomic mass is 10.1. The van der Waals surface area contributed by atoms with E-state index in [2.05, 4.69) is 4.98 Å². The highest BCUT2D eigenvalue weighted by molar-refractivity contribution is 6.03. The molecule has 3 nitrogen and oxygen atoms in total. The SMILES string of the molecule is O=Cc1ccc2cc[nH]c2c1C=O. The molecular formula is C10H7NO2. The summed E-state index contributed by atoms with van der Waals surface area (Å²) in [5, 5.41) is 0.938. The minimum Gasteiger partial charge on any atom is -0.361 e. The van der Waals surface area contributed by atoms with Crippen LogP contribution in [0.5, 0.6) is 0 Å². The Labute approximate surface area is 74.4 Å². The first kappa shape index (κ1) is 7.73. The number of fused-ring (bicyclic) bond motifs is 1. The Morgan fingerprint density at radius 2 is 1.92 bits per heavy atom. The lowest BCUT2D eigenvalue weighted by Crippen LogP contribution is -1.91. The van der Waals surface area contributed by atoms with Crippen LogP contribution >= 0.6 is 0 Å². The second kappa shape index (κ2) is 2.86. The molecule has 1 aromatic heterocycles. The maximum absolute atomic E-state index is 10.7. The quantitative estimate of drug-likeness (QED) is 0.704. The number of nitrogens with one attached hydrogen (secondary N) is 1. The summed E-state index contributed by atoms with van der Waals surface area (Å²) in [4.78, 5) is 24.2. The zero-order chi connectivity index (χ0) is 9.26. The number of aromatic nitrogens is 1. The number of hydrogen-bond donors (Lipinski definition) is 1. The molecule has 1 heterocycles. The second-order valence-electron chi connectivity index (χ2n) is 2.75. The highest BCUT2D eigenvalue weighted by Gasteiger charge is 2.06. The third-order valence-electron chi connectivity index (χ3n) is 2.05. The fourth-order valence-electron chi connectivity index (χ4n) is 1.40. The Kier molecular flexibility index (Phi) is 1.70. The molecule has 0 spiro atoms. The van der Waals surface area contributed by atoms with Crippen molar-refractivity contribution in [2.75, 3.05) is 0 Å². The minimum atomic E-state index is 0.421. The van der Waals surface area contributed by atoms with Gasteiger partial charge in [-0.1, -0.05) is 12.1 Å². The van der Waals surface area contributed by atoms with Crippen molar-refractivity contribution in [3.63, 3.8) is 0 Å². The highest BCUT2D eigenvalue weighted by Crippen LogP contribution is 2.18. The zero-order valence-corrected chi connectivity index (χ0v) is 6.78. The molecule has 0 bridgehead atoms. The molecule has 0 aliphatic heterocycles. The van der Waals surface area contributed by atoms with Crippen molar-refractivity contribution in [1.82, 2.24) is 4.98 Å². The van der Waals surface area contributed by atoms with Crippen molar-refractivity contribution in [2.24, 2.45) is 0 Å². The smallest absolute Gasteiger partial charge is 0.152 e. The van der Waals surface area contributed by atoms with Crippen LogP contribution < -0.4 is 0 Å². The number of carbonyl (C=O) groups excluding carboxylic acids is 2. The van der Waals surface area contributed by atoms with E-state index in [1.165, 1.54) is 0 Å². The molecule has 1 N–H and O–H groups in total. The van der Waals surface area contributed by atoms with Crippen LogP contribution in [0.4, 0.5) is 0 Å². The Morgan fingerprint density at radius 1 is 1.08 bits per heavy atom. The van der Waals surface area contributed by atoms with Gasteiger partial charge in [-0.25, -0.2) is 0 Å². The third kappa shape index (κ3) is 1.05. The van der Waals surface area contributed by atoms with E-state index in [1.807, 2.05) is 12.1 Å². The first-order valence-corrected chi connectivity index (χ1v) is 3.87. The predicted octanol–water partition coefficient (Wildman–Crippen LogP) is 1.79. The van der Waals surface area contributed by atoms with E-state index in [0.717, 1.165) is 10.9 Å². The van der Waals surface area contributed by atoms with Gasteiger partial charge >= 0.3 is 0 Å². The molecule has 0 unspecified atom stereocenters. The van der Waals surface area contributed by atoms with Crippen LogP contribution in [-0.2, 0) is 0 Å². The van der Waals surface area contributed by atoms with Gasteiger partial charge in [0.2, 0.25) is 0 Å². The molecule has 0 saturated carbocycles. The van der Waals surface area contributed by atoms with E-state index in [1.54, 1.807) is 12.3 Å². The zero-order valence-electron chi connectivity index (χ0n) is 6.78. The predicted molar refractivity (Wildman–Crippen MR) is 49.1 cm³/mol. The van der Waals surface area contributed by atoms with Crippen molar-refractivity contribution in [3.8, 4) is 0 Å². The Bertz CT molecular complexity index is 471. The Hall–Kier alpha value is -1.90. The summed E-state index contributed by atoms with van der Waals surface area (Å²) in [7, 11) is 0. The van der Waals surface area contributed by atoms with Gasteiger partial charge in [0, 0.05) is 22.7 Å². The van der Waals surface area contributed by atoms with E-state index < -0.39 is 0 Å². The standard InChI is InChI=1S/C10H7NO2/c12-5-8-2-1-7-3-4-11-10(7)9(8)6-13/h1-6,11H. The average molecular weight is 173 g/mol. The number of benzene rings is 1. The first-order chi connectivity index (χ1) is 6.36. The number of rotatable bonds is 2. The van der Waals surface area contributed by atoms with Gasteiger partial charge in [-0.2, -0.15) is 0 Å². The van der Waals surface area contributed by atoms with Crippen molar-refractivity contribution < 1.29 is 9.59 Å². The molecule has 0 saturated heterocycles. The van der Waals surface area contributed by atoms with E-state index in [-0.39, 0.29) is 0 Å². The number of carbonyl (C=O) groups is 2. The van der Waals surface area contributed by atoms with E-state index in [4.69, 9.17) is 0 Å². The van der Waals surface area contributed by atoms with Crippen LogP contribution in [0.25, 0.3) is 10.9 Å². The van der Waals surface area contributed by atoms with Crippen LogP contribution in [0.1, 0.15) is 20.7 Å². The molecule has 3 heteroatoms. The van der Waals surface area contributed by atoms with Gasteiger partial charge in [-0.15, -0.1) is 0 Å². The van der Waals surface area contributed by atoms with Gasteiger partial charge in [-0.05, 0) is 6.07 Å². The van der Waals surface area contributed by atoms with Crippen LogP contribution in [0, 0.1) is 0 Å². The Balaban J connectivity index is 2.89. The molecule has 13 heavy (non-hydrogen) atoms. The van der Waals surface area contributed by atoms with Crippen LogP contribution in [0.3, 0.4) is 0 Å². The normalized spacial score (nSPS) is 10.2. The summed E-state index contributed by atoms with van der Waals surface area (Å²) in [5.41, 5.74) is 1.57. The van der Waals surface area contributed by atoms with E-state index in [0.29, 0.717) is 23.7 Å².